The highest BCUT2D eigenvalue weighted by atomic mass is 16.5. The van der Waals surface area contributed by atoms with Crippen LogP contribution in [0.5, 0.6) is 5.75 Å². The highest BCUT2D eigenvalue weighted by Gasteiger charge is 2.43. The number of amides is 2. The Morgan fingerprint density at radius 2 is 1.73 bits per heavy atom. The van der Waals surface area contributed by atoms with Gasteiger partial charge in [0.25, 0.3) is 5.91 Å². The summed E-state index contributed by atoms with van der Waals surface area (Å²) in [5.74, 6) is -0.429. The molecule has 26 heavy (non-hydrogen) atoms. The summed E-state index contributed by atoms with van der Waals surface area (Å²) in [6, 6.07) is 13.9. The van der Waals surface area contributed by atoms with E-state index in [-0.39, 0.29) is 24.2 Å². The highest BCUT2D eigenvalue weighted by molar-refractivity contribution is 6.14. The highest BCUT2D eigenvalue weighted by Crippen LogP contribution is 2.36. The predicted octanol–water partition coefficient (Wildman–Crippen LogP) is 3.03. The van der Waals surface area contributed by atoms with Crippen LogP contribution in [0.15, 0.2) is 48.5 Å². The first-order valence-electron chi connectivity index (χ1n) is 8.28. The van der Waals surface area contributed by atoms with Gasteiger partial charge in [0.15, 0.2) is 12.4 Å². The van der Waals surface area contributed by atoms with E-state index in [4.69, 9.17) is 4.74 Å². The van der Waals surface area contributed by atoms with Gasteiger partial charge in [-0.1, -0.05) is 24.3 Å². The molecule has 134 valence electrons. The summed E-state index contributed by atoms with van der Waals surface area (Å²) in [5.41, 5.74) is 0.547. The van der Waals surface area contributed by atoms with E-state index in [9.17, 15) is 14.4 Å². The maximum Gasteiger partial charge on any atom is 0.265 e. The molecule has 6 heteroatoms. The molecule has 0 aliphatic carbocycles. The van der Waals surface area contributed by atoms with Crippen molar-refractivity contribution in [2.45, 2.75) is 26.3 Å². The summed E-state index contributed by atoms with van der Waals surface area (Å²) in [4.78, 5) is 38.5. The van der Waals surface area contributed by atoms with Crippen LogP contribution < -0.4 is 15.0 Å². The molecule has 2 amide bonds. The number of benzene rings is 2. The van der Waals surface area contributed by atoms with Gasteiger partial charge >= 0.3 is 0 Å². The van der Waals surface area contributed by atoms with Crippen molar-refractivity contribution in [2.75, 3.05) is 16.8 Å². The van der Waals surface area contributed by atoms with Crippen molar-refractivity contribution in [3.8, 4) is 5.75 Å². The van der Waals surface area contributed by atoms with Crippen LogP contribution in [0.3, 0.4) is 0 Å². The van der Waals surface area contributed by atoms with Crippen LogP contribution in [0.25, 0.3) is 0 Å². The molecule has 0 fully saturated rings. The van der Waals surface area contributed by atoms with Crippen molar-refractivity contribution in [3.63, 3.8) is 0 Å². The van der Waals surface area contributed by atoms with Gasteiger partial charge < -0.3 is 10.1 Å². The Kier molecular flexibility index (Phi) is 4.50. The number of hydrogen-bond donors (Lipinski definition) is 1. The van der Waals surface area contributed by atoms with Crippen molar-refractivity contribution >= 4 is 29.0 Å². The summed E-state index contributed by atoms with van der Waals surface area (Å²) in [6.07, 6.45) is 0. The molecule has 0 saturated heterocycles. The van der Waals surface area contributed by atoms with E-state index in [1.165, 1.54) is 11.8 Å². The molecular weight excluding hydrogens is 332 g/mol. The summed E-state index contributed by atoms with van der Waals surface area (Å²) in [5, 5.41) is 2.81. The van der Waals surface area contributed by atoms with Crippen LogP contribution in [-0.2, 0) is 9.59 Å². The van der Waals surface area contributed by atoms with Gasteiger partial charge in [0.05, 0.1) is 16.9 Å². The van der Waals surface area contributed by atoms with Crippen LogP contribution in [0.4, 0.5) is 11.4 Å². The van der Waals surface area contributed by atoms with E-state index in [1.54, 1.807) is 62.4 Å². The Morgan fingerprint density at radius 3 is 2.46 bits per heavy atom. The fourth-order valence-corrected chi connectivity index (χ4v) is 2.99. The van der Waals surface area contributed by atoms with Gasteiger partial charge in [-0.25, -0.2) is 0 Å². The van der Waals surface area contributed by atoms with Crippen molar-refractivity contribution < 1.29 is 19.1 Å². The smallest absolute Gasteiger partial charge is 0.265 e. The van der Waals surface area contributed by atoms with Crippen molar-refractivity contribution in [1.29, 1.82) is 0 Å². The number of hydrogen-bond acceptors (Lipinski definition) is 4. The quantitative estimate of drug-likeness (QED) is 0.858. The van der Waals surface area contributed by atoms with Crippen LogP contribution in [0, 0.1) is 0 Å². The number of ether oxygens (including phenoxy) is 1. The molecule has 2 aromatic carbocycles. The number of nitrogens with zero attached hydrogens (tertiary/aromatic N) is 1. The summed E-state index contributed by atoms with van der Waals surface area (Å²) >= 11 is 0. The molecule has 0 saturated carbocycles. The minimum atomic E-state index is -1.06. The molecule has 1 heterocycles. The zero-order valence-corrected chi connectivity index (χ0v) is 14.9. The Bertz CT molecular complexity index is 889. The zero-order chi connectivity index (χ0) is 18.9. The van der Waals surface area contributed by atoms with Crippen LogP contribution >= 0.6 is 0 Å². The SMILES string of the molecule is CC(=O)c1ccccc1OCC(=O)N1c2ccccc2NC(=O)C1(C)C. The van der Waals surface area contributed by atoms with Crippen molar-refractivity contribution in [3.05, 3.63) is 54.1 Å². The second-order valence-corrected chi connectivity index (χ2v) is 6.60. The number of ketones is 1. The first-order valence-corrected chi connectivity index (χ1v) is 8.28. The molecule has 1 aliphatic heterocycles. The first kappa shape index (κ1) is 17.7. The summed E-state index contributed by atoms with van der Waals surface area (Å²) < 4.78 is 5.61. The number of carbonyl (C=O) groups excluding carboxylic acids is 3. The Morgan fingerprint density at radius 1 is 1.08 bits per heavy atom. The van der Waals surface area contributed by atoms with Gasteiger partial charge in [0.1, 0.15) is 11.3 Å². The van der Waals surface area contributed by atoms with Gasteiger partial charge in [-0.2, -0.15) is 0 Å². The van der Waals surface area contributed by atoms with E-state index in [0.717, 1.165) is 0 Å². The molecule has 3 rings (SSSR count). The second-order valence-electron chi connectivity index (χ2n) is 6.60. The van der Waals surface area contributed by atoms with Gasteiger partial charge in [0, 0.05) is 0 Å². The average molecular weight is 352 g/mol. The van der Waals surface area contributed by atoms with Crippen molar-refractivity contribution in [2.24, 2.45) is 0 Å². The zero-order valence-electron chi connectivity index (χ0n) is 14.9. The molecule has 0 aromatic heterocycles. The number of anilines is 2. The Hall–Kier alpha value is -3.15. The van der Waals surface area contributed by atoms with E-state index in [1.807, 2.05) is 0 Å². The predicted molar refractivity (Wildman–Crippen MR) is 98.6 cm³/mol. The lowest BCUT2D eigenvalue weighted by atomic mass is 9.96. The topological polar surface area (TPSA) is 75.7 Å². The summed E-state index contributed by atoms with van der Waals surface area (Å²) in [7, 11) is 0. The van der Waals surface area contributed by atoms with E-state index < -0.39 is 5.54 Å². The van der Waals surface area contributed by atoms with Crippen LogP contribution in [0.2, 0.25) is 0 Å². The Labute approximate surface area is 151 Å². The fourth-order valence-electron chi connectivity index (χ4n) is 2.99. The molecule has 0 atom stereocenters. The third-order valence-electron chi connectivity index (χ3n) is 4.37. The van der Waals surface area contributed by atoms with Gasteiger partial charge in [-0.3, -0.25) is 19.3 Å². The molecule has 1 aliphatic rings. The molecule has 1 N–H and O–H groups in total. The second kappa shape index (κ2) is 6.63. The molecular formula is C20H20N2O4. The lowest BCUT2D eigenvalue weighted by Crippen LogP contribution is -2.59. The number of fused-ring (bicyclic) bond motifs is 1. The third-order valence-corrected chi connectivity index (χ3v) is 4.37. The normalized spacial score (nSPS) is 15.0. The summed E-state index contributed by atoms with van der Waals surface area (Å²) in [6.45, 7) is 4.52. The molecule has 0 unspecified atom stereocenters. The largest absolute Gasteiger partial charge is 0.483 e. The van der Waals surface area contributed by atoms with Gasteiger partial charge in [-0.05, 0) is 45.0 Å². The number of Topliss-reactive ketones (excluding diaryl/α,β-unsaturated/α-hetero) is 1. The molecule has 0 radical (unpaired) electrons. The maximum atomic E-state index is 12.9. The molecule has 0 spiro atoms. The van der Waals surface area contributed by atoms with Gasteiger partial charge in [-0.15, -0.1) is 0 Å². The monoisotopic (exact) mass is 352 g/mol. The first-order chi connectivity index (χ1) is 12.3. The molecule has 2 aromatic rings. The number of nitrogens with one attached hydrogen (secondary N) is 1. The maximum absolute atomic E-state index is 12.9. The molecule has 6 nitrogen and oxygen atoms in total. The van der Waals surface area contributed by atoms with Crippen LogP contribution in [-0.4, -0.2) is 29.7 Å². The van der Waals surface area contributed by atoms with Crippen LogP contribution in [0.1, 0.15) is 31.1 Å². The lowest BCUT2D eigenvalue weighted by Gasteiger charge is -2.41. The lowest BCUT2D eigenvalue weighted by molar-refractivity contribution is -0.127. The van der Waals surface area contributed by atoms with E-state index in [2.05, 4.69) is 5.32 Å². The fraction of sp³-hybridized carbons (Fsp3) is 0.250. The number of rotatable bonds is 4. The number of para-hydroxylation sites is 3. The minimum Gasteiger partial charge on any atom is -0.483 e. The Balaban J connectivity index is 1.88. The van der Waals surface area contributed by atoms with Crippen molar-refractivity contribution in [1.82, 2.24) is 0 Å². The number of carbonyl (C=O) groups is 3. The molecule has 0 bridgehead atoms. The minimum absolute atomic E-state index is 0.143. The van der Waals surface area contributed by atoms with E-state index >= 15 is 0 Å². The van der Waals surface area contributed by atoms with Gasteiger partial charge in [0.2, 0.25) is 5.91 Å². The average Bonchev–Trinajstić information content (AvgIpc) is 2.60. The van der Waals surface area contributed by atoms with E-state index in [0.29, 0.717) is 22.7 Å². The third kappa shape index (κ3) is 3.06. The standard InChI is InChI=1S/C20H20N2O4/c1-13(23)14-8-4-7-11-17(14)26-12-18(24)22-16-10-6-5-9-15(16)21-19(25)20(22,2)3/h4-11H,12H2,1-3H3,(H,21,25).